The van der Waals surface area contributed by atoms with Gasteiger partial charge in [-0.15, -0.1) is 0 Å². The topological polar surface area (TPSA) is 0 Å². The predicted octanol–water partition coefficient (Wildman–Crippen LogP) is 28.0. The van der Waals surface area contributed by atoms with Gasteiger partial charge in [0, 0.05) is 0 Å². The zero-order valence-corrected chi connectivity index (χ0v) is 90.0. The van der Waals surface area contributed by atoms with E-state index in [-0.39, 0.29) is 32.9 Å². The van der Waals surface area contributed by atoms with E-state index in [0.29, 0.717) is 17.2 Å². The van der Waals surface area contributed by atoms with Crippen molar-refractivity contribution in [3.8, 4) is 0 Å². The van der Waals surface area contributed by atoms with Crippen LogP contribution in [0.3, 0.4) is 0 Å². The van der Waals surface area contributed by atoms with Crippen molar-refractivity contribution in [2.24, 2.45) is 178 Å². The minimum atomic E-state index is -1.29. The quantitative estimate of drug-likeness (QED) is 0.104. The number of rotatable bonds is 12. The van der Waals surface area contributed by atoms with Crippen LogP contribution >= 0.6 is 106 Å². The summed E-state index contributed by atoms with van der Waals surface area (Å²) in [5.74, 6) is 31.5. The van der Waals surface area contributed by atoms with Crippen LogP contribution in [0, 0.1) is 178 Å². The standard InChI is InChI=1S/2C16H30.2C15H28.2C14H26.C2H6I2.CH3I2.B2I2.BI2/c1-4-9-14-12(2)15-10-7-5-6-8-11-16(15)13(14)3;1-4-9-14-12(2)13(3)15-10-7-5-6-8-11-16(14)15;1-4-8-13-11(2)14-9-6-5-7-10-15(14)12(13)3;1-4-8-13-11(2)12(3)14-9-6-5-7-10-15(13)14;1-4-7-12-10(2)13-8-5-6-9-14(13)11(12)3;1-4-7-12-10(2)11(3)13-8-5-6-9-14(12)13;1-4(2)3;1-3-2;1-4(2)3;1-3-2/h2*12-16H,4-11H2,1-3H3;2*11-15H,4-10H2,1-3H3;2*10-14H,4-9H2,1-3H3;1-2H3;1H3;;/q;;;;;;;-1;;-1. The van der Waals surface area contributed by atoms with Crippen molar-refractivity contribution < 1.29 is 34.2 Å². The van der Waals surface area contributed by atoms with Gasteiger partial charge >= 0.3 is 172 Å². The van der Waals surface area contributed by atoms with E-state index in [2.05, 4.69) is 214 Å². The third-order valence-electron chi connectivity index (χ3n) is 32.8. The molecule has 0 aromatic rings. The second-order valence-electron chi connectivity index (χ2n) is 38.0. The summed E-state index contributed by atoms with van der Waals surface area (Å²) in [7, 11) is 0. The Morgan fingerprint density at radius 1 is 0.260 bits per heavy atom. The molecule has 0 bridgehead atoms. The summed E-state index contributed by atoms with van der Waals surface area (Å²) in [5, 5.41) is 0. The van der Waals surface area contributed by atoms with Crippen LogP contribution in [-0.4, -0.2) is 31.9 Å². The van der Waals surface area contributed by atoms with Gasteiger partial charge in [-0.3, -0.25) is 0 Å². The van der Waals surface area contributed by atoms with Crippen molar-refractivity contribution in [3.63, 3.8) is 0 Å². The predicted molar refractivity (Wildman–Crippen MR) is 520 cm³/mol. The fraction of sp³-hybridized carbons (Fsp3) is 1.00. The van der Waals surface area contributed by atoms with Crippen LogP contribution in [0.15, 0.2) is 0 Å². The van der Waals surface area contributed by atoms with Gasteiger partial charge in [-0.25, -0.2) is 0 Å². The Morgan fingerprint density at radius 3 is 0.529 bits per heavy atom. The minimum absolute atomic E-state index is 0.0600. The Morgan fingerprint density at radius 2 is 0.375 bits per heavy atom. The second-order valence-corrected chi connectivity index (χ2v) is 70.6. The molecular formula is C93H177B3I8-2. The molecule has 0 heterocycles. The molecule has 6 radical (unpaired) electrons. The van der Waals surface area contributed by atoms with Crippen molar-refractivity contribution in [1.82, 2.24) is 0 Å². The number of hydrogen-bond donors (Lipinski definition) is 0. The van der Waals surface area contributed by atoms with E-state index >= 15 is 0 Å². The Bertz CT molecular complexity index is 1960. The first-order valence-corrected chi connectivity index (χ1v) is 81.2. The van der Waals surface area contributed by atoms with E-state index in [9.17, 15) is 0 Å². The van der Waals surface area contributed by atoms with E-state index < -0.39 is 15.4 Å². The molecule has 0 N–H and O–H groups in total. The zero-order chi connectivity index (χ0) is 77.6. The second kappa shape index (κ2) is 59.7. The molecule has 27 atom stereocenters. The van der Waals surface area contributed by atoms with Gasteiger partial charge in [-0.05, 0) is 255 Å². The molecule has 27 unspecified atom stereocenters. The van der Waals surface area contributed by atoms with Gasteiger partial charge in [0.05, 0.1) is 0 Å². The molecule has 0 saturated heterocycles. The van der Waals surface area contributed by atoms with E-state index in [1.807, 2.05) is 0 Å². The summed E-state index contributed by atoms with van der Waals surface area (Å²) in [6.45, 7) is 44.6. The number of hydrogen-bond acceptors (Lipinski definition) is 0. The van der Waals surface area contributed by atoms with Crippen molar-refractivity contribution in [2.75, 3.05) is 14.8 Å². The van der Waals surface area contributed by atoms with E-state index in [0.717, 1.165) is 178 Å². The molecule has 11 heteroatoms. The number of fused-ring (bicyclic) bond motifs is 6. The van der Waals surface area contributed by atoms with Gasteiger partial charge in [0.15, 0.2) is 0 Å². The van der Waals surface area contributed by atoms with E-state index in [1.54, 1.807) is 19.3 Å². The van der Waals surface area contributed by atoms with Gasteiger partial charge in [0.2, 0.25) is 0 Å². The molecule has 0 aromatic heterocycles. The third-order valence-corrected chi connectivity index (χ3v) is 32.8. The van der Waals surface area contributed by atoms with Crippen molar-refractivity contribution >= 4 is 123 Å². The van der Waals surface area contributed by atoms with Crippen molar-refractivity contribution in [1.29, 1.82) is 0 Å². The molecule has 616 valence electrons. The van der Waals surface area contributed by atoms with Gasteiger partial charge in [-0.2, -0.15) is 0 Å². The van der Waals surface area contributed by atoms with Crippen LogP contribution in [0.4, 0.5) is 0 Å². The van der Waals surface area contributed by atoms with Gasteiger partial charge in [-0.1, -0.05) is 317 Å². The van der Waals surface area contributed by atoms with Crippen LogP contribution in [0.5, 0.6) is 0 Å². The number of alkyl halides is 3. The monoisotopic (exact) mass is 2340 g/mol. The molecule has 12 aliphatic rings. The Labute approximate surface area is 733 Å². The molecule has 0 aliphatic heterocycles. The molecule has 12 aliphatic carbocycles. The first-order chi connectivity index (χ1) is 49.8. The van der Waals surface area contributed by atoms with Crippen molar-refractivity contribution in [3.05, 3.63) is 0 Å². The maximum absolute atomic E-state index is 5.03. The molecule has 12 rings (SSSR count). The molecule has 12 saturated carbocycles. The fourth-order valence-electron chi connectivity index (χ4n) is 27.5. The Kier molecular flexibility index (Phi) is 59.8. The molecular weight excluding hydrogens is 2160 g/mol. The average molecular weight is 2340 g/mol. The summed E-state index contributed by atoms with van der Waals surface area (Å²) < 4.78 is 0. The van der Waals surface area contributed by atoms with Crippen molar-refractivity contribution in [2.45, 2.75) is 394 Å². The zero-order valence-electron chi connectivity index (χ0n) is 72.8. The normalized spacial score (nSPS) is 41.2. The summed E-state index contributed by atoms with van der Waals surface area (Å²) in [4.78, 5) is 6.84. The summed E-state index contributed by atoms with van der Waals surface area (Å²) in [6.07, 6.45) is 62.9. The fourth-order valence-corrected chi connectivity index (χ4v) is 27.5. The number of halogens is 8. The van der Waals surface area contributed by atoms with Crippen LogP contribution < -0.4 is 34.2 Å². The molecule has 104 heavy (non-hydrogen) atoms. The van der Waals surface area contributed by atoms with Crippen LogP contribution in [0.2, 0.25) is 0 Å². The first kappa shape index (κ1) is 104. The molecule has 0 aromatic carbocycles. The van der Waals surface area contributed by atoms with Crippen LogP contribution in [-0.2, 0) is 0 Å². The van der Waals surface area contributed by atoms with Crippen LogP contribution in [0.1, 0.15) is 394 Å². The van der Waals surface area contributed by atoms with E-state index in [1.165, 1.54) is 250 Å². The average Bonchev–Trinajstić information content (AvgIpc) is 1.71. The van der Waals surface area contributed by atoms with Crippen LogP contribution in [0.25, 0.3) is 0 Å². The maximum atomic E-state index is 5.03. The van der Waals surface area contributed by atoms with Gasteiger partial charge in [0.1, 0.15) is 0 Å². The summed E-state index contributed by atoms with van der Waals surface area (Å²) in [6, 6.07) is 0. The van der Waals surface area contributed by atoms with E-state index in [4.69, 9.17) is 17.1 Å². The molecule has 0 nitrogen and oxygen atoms in total. The third kappa shape index (κ3) is 33.6. The molecule has 12 fully saturated rings. The molecule has 0 amide bonds. The van der Waals surface area contributed by atoms with Gasteiger partial charge in [0.25, 0.3) is 0 Å². The summed E-state index contributed by atoms with van der Waals surface area (Å²) >= 11 is 8.16. The Balaban J connectivity index is 0.000000312. The van der Waals surface area contributed by atoms with Gasteiger partial charge < -0.3 is 0 Å². The molecule has 0 spiro atoms. The summed E-state index contributed by atoms with van der Waals surface area (Å²) in [5.41, 5.74) is 15.0. The first-order valence-electron chi connectivity index (χ1n) is 45.9. The SMILES string of the molecule is CCCC1C(C)C(C)C2CCCCC12.CCCC1C(C)C(C)C2CCCCCC12.CCCC1C(C)C(C)C2CCCCCCC12.CCCC1C(C)C2CCCCC2C1C.CCCC1C(C)C2CCCCCC2C1C.CCCC1C(C)C2CCCCCCC2C1C.CI(C)I.C[I-]I.[B]I([B])I.[B][I-]I. The Hall–Kier alpha value is 6.03.